The highest BCUT2D eigenvalue weighted by atomic mass is 32.2. The summed E-state index contributed by atoms with van der Waals surface area (Å²) in [4.78, 5) is 0. The molecule has 2 N–H and O–H groups in total. The van der Waals surface area contributed by atoms with E-state index in [1.54, 1.807) is 6.92 Å². The Morgan fingerprint density at radius 2 is 1.95 bits per heavy atom. The molecule has 0 heterocycles. The van der Waals surface area contributed by atoms with Crippen LogP contribution >= 0.6 is 11.8 Å². The summed E-state index contributed by atoms with van der Waals surface area (Å²) in [6.45, 7) is 2.94. The van der Waals surface area contributed by atoms with Gasteiger partial charge in [-0.15, -0.1) is 0 Å². The highest BCUT2D eigenvalue weighted by Crippen LogP contribution is 2.39. The van der Waals surface area contributed by atoms with Crippen LogP contribution in [0.1, 0.15) is 45.4 Å². The van der Waals surface area contributed by atoms with Gasteiger partial charge in [0.1, 0.15) is 0 Å². The first-order chi connectivity index (χ1) is 8.97. The molecule has 6 heteroatoms. The molecule has 1 atom stereocenters. The number of hydrogen-bond donors (Lipinski definition) is 2. The van der Waals surface area contributed by atoms with E-state index in [0.29, 0.717) is 19.1 Å². The smallest absolute Gasteiger partial charge is 0.215 e. The summed E-state index contributed by atoms with van der Waals surface area (Å²) < 4.78 is 27.4. The maximum atomic E-state index is 12.2. The molecule has 2 saturated carbocycles. The third-order valence-electron chi connectivity index (χ3n) is 4.34. The number of rotatable bonds is 8. The molecule has 19 heavy (non-hydrogen) atoms. The van der Waals surface area contributed by atoms with Crippen molar-refractivity contribution in [3.8, 4) is 0 Å². The standard InChI is InChI=1S/C13H26N2O2S2/c1-11(9-14-12-5-6-12)19(16,17)15-10-13(18-2)7-3-4-8-13/h11-12,14-15H,3-10H2,1-2H3. The highest BCUT2D eigenvalue weighted by Gasteiger charge is 2.35. The maximum absolute atomic E-state index is 12.2. The molecule has 0 amide bonds. The normalized spacial score (nSPS) is 24.5. The van der Waals surface area contributed by atoms with Crippen LogP contribution in [-0.2, 0) is 10.0 Å². The van der Waals surface area contributed by atoms with Gasteiger partial charge in [0, 0.05) is 23.9 Å². The van der Waals surface area contributed by atoms with Crippen molar-refractivity contribution in [2.24, 2.45) is 0 Å². The lowest BCUT2D eigenvalue weighted by molar-refractivity contribution is 0.535. The zero-order chi connectivity index (χ0) is 13.9. The Bertz CT molecular complexity index is 387. The summed E-state index contributed by atoms with van der Waals surface area (Å²) in [5, 5.41) is 2.94. The minimum absolute atomic E-state index is 0.136. The van der Waals surface area contributed by atoms with Gasteiger partial charge < -0.3 is 5.32 Å². The van der Waals surface area contributed by atoms with Crippen LogP contribution in [0.2, 0.25) is 0 Å². The summed E-state index contributed by atoms with van der Waals surface area (Å²) in [6, 6.07) is 0.560. The predicted octanol–water partition coefficient (Wildman–Crippen LogP) is 1.72. The molecule has 0 aromatic rings. The number of hydrogen-bond acceptors (Lipinski definition) is 4. The molecule has 0 radical (unpaired) electrons. The van der Waals surface area contributed by atoms with Crippen molar-refractivity contribution >= 4 is 21.8 Å². The number of thioether (sulfide) groups is 1. The van der Waals surface area contributed by atoms with E-state index in [1.807, 2.05) is 11.8 Å². The average Bonchev–Trinajstić information content (AvgIpc) is 3.10. The molecule has 112 valence electrons. The van der Waals surface area contributed by atoms with Gasteiger partial charge in [-0.2, -0.15) is 11.8 Å². The van der Waals surface area contributed by atoms with E-state index in [-0.39, 0.29) is 10.00 Å². The average molecular weight is 306 g/mol. The fourth-order valence-corrected chi connectivity index (χ4v) is 4.66. The quantitative estimate of drug-likeness (QED) is 0.717. The van der Waals surface area contributed by atoms with Gasteiger partial charge in [0.05, 0.1) is 5.25 Å². The minimum Gasteiger partial charge on any atom is -0.313 e. The van der Waals surface area contributed by atoms with Crippen molar-refractivity contribution in [3.05, 3.63) is 0 Å². The van der Waals surface area contributed by atoms with Crippen molar-refractivity contribution in [3.63, 3.8) is 0 Å². The zero-order valence-corrected chi connectivity index (χ0v) is 13.6. The lowest BCUT2D eigenvalue weighted by atomic mass is 10.1. The van der Waals surface area contributed by atoms with Gasteiger partial charge in [-0.3, -0.25) is 0 Å². The summed E-state index contributed by atoms with van der Waals surface area (Å²) in [5.41, 5.74) is 0. The Hall–Kier alpha value is 0.220. The van der Waals surface area contributed by atoms with E-state index in [4.69, 9.17) is 0 Å². The van der Waals surface area contributed by atoms with Gasteiger partial charge in [-0.05, 0) is 38.9 Å². The SMILES string of the molecule is CSC1(CNS(=O)(=O)C(C)CNC2CC2)CCCC1. The van der Waals surface area contributed by atoms with Crippen molar-refractivity contribution in [2.75, 3.05) is 19.3 Å². The molecular formula is C13H26N2O2S2. The molecule has 0 aromatic carbocycles. The van der Waals surface area contributed by atoms with E-state index in [0.717, 1.165) is 12.8 Å². The van der Waals surface area contributed by atoms with Crippen molar-refractivity contribution in [1.29, 1.82) is 0 Å². The van der Waals surface area contributed by atoms with Gasteiger partial charge >= 0.3 is 0 Å². The zero-order valence-electron chi connectivity index (χ0n) is 11.9. The monoisotopic (exact) mass is 306 g/mol. The summed E-state index contributed by atoms with van der Waals surface area (Å²) >= 11 is 1.82. The number of nitrogens with one attached hydrogen (secondary N) is 2. The first-order valence-corrected chi connectivity index (χ1v) is 10.0. The Kier molecular flexibility index (Phi) is 5.20. The van der Waals surface area contributed by atoms with E-state index in [9.17, 15) is 8.42 Å². The third kappa shape index (κ3) is 4.34. The molecule has 0 aliphatic heterocycles. The van der Waals surface area contributed by atoms with Crippen LogP contribution in [0.5, 0.6) is 0 Å². The maximum Gasteiger partial charge on any atom is 0.215 e. The lowest BCUT2D eigenvalue weighted by Crippen LogP contribution is -2.44. The minimum atomic E-state index is -3.19. The fourth-order valence-electron chi connectivity index (χ4n) is 2.58. The second-order valence-electron chi connectivity index (χ2n) is 5.95. The van der Waals surface area contributed by atoms with Gasteiger partial charge in [0.2, 0.25) is 10.0 Å². The van der Waals surface area contributed by atoms with Gasteiger partial charge in [-0.1, -0.05) is 12.8 Å². The predicted molar refractivity (Wildman–Crippen MR) is 82.1 cm³/mol. The lowest BCUT2D eigenvalue weighted by Gasteiger charge is -2.27. The van der Waals surface area contributed by atoms with Gasteiger partial charge in [0.25, 0.3) is 0 Å². The Labute approximate surface area is 121 Å². The topological polar surface area (TPSA) is 58.2 Å². The molecule has 1 unspecified atom stereocenters. The molecule has 2 rings (SSSR count). The third-order valence-corrected chi connectivity index (χ3v) is 7.54. The van der Waals surface area contributed by atoms with Crippen LogP contribution in [0.4, 0.5) is 0 Å². The Balaban J connectivity index is 1.81. The highest BCUT2D eigenvalue weighted by molar-refractivity contribution is 8.00. The molecule has 0 bridgehead atoms. The molecule has 2 aliphatic rings. The van der Waals surface area contributed by atoms with Crippen LogP contribution < -0.4 is 10.0 Å². The van der Waals surface area contributed by atoms with E-state index < -0.39 is 10.0 Å². The fraction of sp³-hybridized carbons (Fsp3) is 1.00. The van der Waals surface area contributed by atoms with E-state index in [2.05, 4.69) is 16.3 Å². The summed E-state index contributed by atoms with van der Waals surface area (Å²) in [5.74, 6) is 0. The van der Waals surface area contributed by atoms with Gasteiger partial charge in [-0.25, -0.2) is 13.1 Å². The van der Waals surface area contributed by atoms with Crippen molar-refractivity contribution < 1.29 is 8.42 Å². The van der Waals surface area contributed by atoms with Crippen molar-refractivity contribution in [1.82, 2.24) is 10.0 Å². The first-order valence-electron chi connectivity index (χ1n) is 7.24. The van der Waals surface area contributed by atoms with Crippen LogP contribution in [0.25, 0.3) is 0 Å². The Morgan fingerprint density at radius 3 is 2.47 bits per heavy atom. The number of sulfonamides is 1. The molecule has 2 fully saturated rings. The Morgan fingerprint density at radius 1 is 1.32 bits per heavy atom. The molecular weight excluding hydrogens is 280 g/mol. The van der Waals surface area contributed by atoms with Crippen molar-refractivity contribution in [2.45, 2.75) is 61.5 Å². The second kappa shape index (κ2) is 6.33. The van der Waals surface area contributed by atoms with Gasteiger partial charge in [0.15, 0.2) is 0 Å². The van der Waals surface area contributed by atoms with Crippen LogP contribution in [0.15, 0.2) is 0 Å². The molecule has 0 spiro atoms. The van der Waals surface area contributed by atoms with E-state index in [1.165, 1.54) is 25.7 Å². The molecule has 0 saturated heterocycles. The largest absolute Gasteiger partial charge is 0.313 e. The van der Waals surface area contributed by atoms with Crippen LogP contribution in [-0.4, -0.2) is 43.8 Å². The molecule has 4 nitrogen and oxygen atoms in total. The molecule has 0 aromatic heterocycles. The van der Waals surface area contributed by atoms with Crippen LogP contribution in [0, 0.1) is 0 Å². The first kappa shape index (κ1) is 15.6. The summed E-state index contributed by atoms with van der Waals surface area (Å²) in [6.07, 6.45) is 9.18. The second-order valence-corrected chi connectivity index (χ2v) is 9.41. The summed E-state index contributed by atoms with van der Waals surface area (Å²) in [7, 11) is -3.19. The molecule has 2 aliphatic carbocycles. The van der Waals surface area contributed by atoms with Crippen LogP contribution in [0.3, 0.4) is 0 Å². The van der Waals surface area contributed by atoms with E-state index >= 15 is 0 Å².